The lowest BCUT2D eigenvalue weighted by molar-refractivity contribution is -0.137. The van der Waals surface area contributed by atoms with E-state index in [4.69, 9.17) is 5.11 Å². The van der Waals surface area contributed by atoms with Crippen molar-refractivity contribution in [2.75, 3.05) is 5.32 Å². The highest BCUT2D eigenvalue weighted by Gasteiger charge is 2.13. The lowest BCUT2D eigenvalue weighted by atomic mass is 10.1. The number of amides is 1. The fraction of sp³-hybridized carbons (Fsp3) is 0.333. The summed E-state index contributed by atoms with van der Waals surface area (Å²) in [4.78, 5) is 31.2. The molecule has 0 aliphatic rings. The number of nitrogens with zero attached hydrogens (tertiary/aromatic N) is 6. The van der Waals surface area contributed by atoms with Crippen molar-refractivity contribution in [2.24, 2.45) is 0 Å². The molecule has 130 valence electrons. The minimum Gasteiger partial charge on any atom is -0.480 e. The van der Waals surface area contributed by atoms with E-state index in [2.05, 4.69) is 25.5 Å². The summed E-state index contributed by atoms with van der Waals surface area (Å²) < 4.78 is 2.89. The molecule has 0 atom stereocenters. The van der Waals surface area contributed by atoms with E-state index in [9.17, 15) is 9.59 Å². The molecule has 0 saturated heterocycles. The zero-order valence-corrected chi connectivity index (χ0v) is 13.8. The smallest absolute Gasteiger partial charge is 0.325 e. The molecule has 25 heavy (non-hydrogen) atoms. The van der Waals surface area contributed by atoms with Gasteiger partial charge in [0.2, 0.25) is 5.91 Å². The Labute approximate surface area is 142 Å². The molecule has 3 heterocycles. The molecule has 0 radical (unpaired) electrons. The molecule has 2 N–H and O–H groups in total. The molecular weight excluding hydrogens is 326 g/mol. The van der Waals surface area contributed by atoms with Crippen molar-refractivity contribution in [3.05, 3.63) is 35.5 Å². The monoisotopic (exact) mass is 343 g/mol. The first-order chi connectivity index (χ1) is 11.9. The number of fused-ring (bicyclic) bond motifs is 1. The summed E-state index contributed by atoms with van der Waals surface area (Å²) in [5.41, 5.74) is 2.67. The molecular formula is C15H17N7O3. The Morgan fingerprint density at radius 1 is 1.32 bits per heavy atom. The van der Waals surface area contributed by atoms with Crippen LogP contribution in [0.5, 0.6) is 0 Å². The number of aliphatic carboxylic acids is 1. The number of carbonyl (C=O) groups is 2. The van der Waals surface area contributed by atoms with Crippen molar-refractivity contribution < 1.29 is 14.7 Å². The lowest BCUT2D eigenvalue weighted by Gasteiger charge is -2.10. The summed E-state index contributed by atoms with van der Waals surface area (Å²) in [7, 11) is 0. The van der Waals surface area contributed by atoms with Gasteiger partial charge in [-0.25, -0.2) is 9.50 Å². The van der Waals surface area contributed by atoms with Gasteiger partial charge in [0.25, 0.3) is 5.78 Å². The topological polar surface area (TPSA) is 127 Å². The molecule has 0 aliphatic heterocycles. The average molecular weight is 343 g/mol. The number of aromatic nitrogens is 6. The summed E-state index contributed by atoms with van der Waals surface area (Å²) in [6.45, 7) is 3.54. The number of carbonyl (C=O) groups excluding carboxylic acids is 1. The fourth-order valence-electron chi connectivity index (χ4n) is 2.62. The van der Waals surface area contributed by atoms with Gasteiger partial charge in [-0.2, -0.15) is 15.2 Å². The first-order valence-corrected chi connectivity index (χ1v) is 7.65. The molecule has 3 rings (SSSR count). The van der Waals surface area contributed by atoms with Gasteiger partial charge in [0.05, 0.1) is 0 Å². The molecule has 0 saturated carbocycles. The third kappa shape index (κ3) is 3.62. The van der Waals surface area contributed by atoms with Crippen LogP contribution in [0, 0.1) is 13.8 Å². The maximum absolute atomic E-state index is 12.1. The fourth-order valence-corrected chi connectivity index (χ4v) is 2.62. The van der Waals surface area contributed by atoms with Crippen molar-refractivity contribution >= 4 is 23.5 Å². The van der Waals surface area contributed by atoms with Crippen LogP contribution in [0.25, 0.3) is 5.78 Å². The second kappa shape index (κ2) is 6.67. The summed E-state index contributed by atoms with van der Waals surface area (Å²) >= 11 is 0. The average Bonchev–Trinajstić information content (AvgIpc) is 3.15. The standard InChI is InChI=1S/C15H17N7O3/c1-9-11(10(2)22-15(18-9)16-8-17-22)3-4-13(23)19-12-5-6-21(20-12)7-14(24)25/h5-6,8H,3-4,7H2,1-2H3,(H,24,25)(H,19,20,23). The van der Waals surface area contributed by atoms with Crippen LogP contribution in [0.15, 0.2) is 18.6 Å². The van der Waals surface area contributed by atoms with Gasteiger partial charge < -0.3 is 10.4 Å². The molecule has 3 aromatic heterocycles. The van der Waals surface area contributed by atoms with Crippen LogP contribution in [-0.4, -0.2) is 46.3 Å². The van der Waals surface area contributed by atoms with Crippen molar-refractivity contribution in [1.29, 1.82) is 0 Å². The van der Waals surface area contributed by atoms with Gasteiger partial charge in [-0.1, -0.05) is 0 Å². The highest BCUT2D eigenvalue weighted by molar-refractivity contribution is 5.89. The molecule has 1 amide bonds. The zero-order chi connectivity index (χ0) is 18.0. The third-order valence-corrected chi connectivity index (χ3v) is 3.80. The van der Waals surface area contributed by atoms with E-state index in [1.807, 2.05) is 13.8 Å². The van der Waals surface area contributed by atoms with Crippen molar-refractivity contribution in [2.45, 2.75) is 33.2 Å². The minimum atomic E-state index is -0.997. The summed E-state index contributed by atoms with van der Waals surface area (Å²) in [5, 5.41) is 19.5. The molecule has 0 bridgehead atoms. The molecule has 0 aliphatic carbocycles. The SMILES string of the molecule is Cc1nc2ncnn2c(C)c1CCC(=O)Nc1ccn(CC(=O)O)n1. The van der Waals surface area contributed by atoms with Gasteiger partial charge in [-0.05, 0) is 25.8 Å². The highest BCUT2D eigenvalue weighted by Crippen LogP contribution is 2.15. The van der Waals surface area contributed by atoms with Crippen LogP contribution in [0.2, 0.25) is 0 Å². The second-order valence-corrected chi connectivity index (χ2v) is 5.57. The molecule has 3 aromatic rings. The van der Waals surface area contributed by atoms with Crippen LogP contribution in [0.4, 0.5) is 5.82 Å². The van der Waals surface area contributed by atoms with Gasteiger partial charge in [-0.3, -0.25) is 14.3 Å². The number of aryl methyl sites for hydroxylation is 2. The number of nitrogens with one attached hydrogen (secondary N) is 1. The number of hydrogen-bond acceptors (Lipinski definition) is 6. The Morgan fingerprint density at radius 3 is 2.88 bits per heavy atom. The lowest BCUT2D eigenvalue weighted by Crippen LogP contribution is -2.15. The highest BCUT2D eigenvalue weighted by atomic mass is 16.4. The molecule has 10 heteroatoms. The van der Waals surface area contributed by atoms with E-state index in [0.29, 0.717) is 18.0 Å². The number of carboxylic acid groups (broad SMARTS) is 1. The normalized spacial score (nSPS) is 11.0. The number of anilines is 1. The van der Waals surface area contributed by atoms with E-state index < -0.39 is 5.97 Å². The van der Waals surface area contributed by atoms with E-state index in [0.717, 1.165) is 17.0 Å². The van der Waals surface area contributed by atoms with Crippen LogP contribution >= 0.6 is 0 Å². The quantitative estimate of drug-likeness (QED) is 0.670. The molecule has 0 spiro atoms. The molecule has 0 unspecified atom stereocenters. The Balaban J connectivity index is 1.64. The van der Waals surface area contributed by atoms with Crippen molar-refractivity contribution in [3.63, 3.8) is 0 Å². The van der Waals surface area contributed by atoms with Gasteiger partial charge in [-0.15, -0.1) is 0 Å². The van der Waals surface area contributed by atoms with Gasteiger partial charge in [0.1, 0.15) is 12.9 Å². The summed E-state index contributed by atoms with van der Waals surface area (Å²) in [5.74, 6) is -0.349. The molecule has 10 nitrogen and oxygen atoms in total. The maximum atomic E-state index is 12.1. The zero-order valence-electron chi connectivity index (χ0n) is 13.8. The largest absolute Gasteiger partial charge is 0.480 e. The van der Waals surface area contributed by atoms with E-state index in [1.165, 1.54) is 17.2 Å². The van der Waals surface area contributed by atoms with Gasteiger partial charge in [0, 0.05) is 30.1 Å². The van der Waals surface area contributed by atoms with Crippen molar-refractivity contribution in [3.8, 4) is 0 Å². The summed E-state index contributed by atoms with van der Waals surface area (Å²) in [6.07, 6.45) is 3.69. The van der Waals surface area contributed by atoms with E-state index in [1.54, 1.807) is 10.6 Å². The van der Waals surface area contributed by atoms with Crippen LogP contribution in [0.1, 0.15) is 23.4 Å². The Morgan fingerprint density at radius 2 is 2.12 bits per heavy atom. The first kappa shape index (κ1) is 16.6. The summed E-state index contributed by atoms with van der Waals surface area (Å²) in [6, 6.07) is 1.56. The van der Waals surface area contributed by atoms with E-state index >= 15 is 0 Å². The Bertz CT molecular complexity index is 944. The Hall–Kier alpha value is -3.30. The van der Waals surface area contributed by atoms with Crippen LogP contribution in [0.3, 0.4) is 0 Å². The number of carboxylic acids is 1. The van der Waals surface area contributed by atoms with Crippen LogP contribution < -0.4 is 5.32 Å². The number of hydrogen-bond donors (Lipinski definition) is 2. The second-order valence-electron chi connectivity index (χ2n) is 5.57. The van der Waals surface area contributed by atoms with E-state index in [-0.39, 0.29) is 18.9 Å². The Kier molecular flexibility index (Phi) is 4.42. The van der Waals surface area contributed by atoms with Crippen LogP contribution in [-0.2, 0) is 22.6 Å². The predicted octanol–water partition coefficient (Wildman–Crippen LogP) is 0.594. The molecule has 0 fully saturated rings. The molecule has 0 aromatic carbocycles. The van der Waals surface area contributed by atoms with Gasteiger partial charge >= 0.3 is 5.97 Å². The maximum Gasteiger partial charge on any atom is 0.325 e. The first-order valence-electron chi connectivity index (χ1n) is 7.65. The van der Waals surface area contributed by atoms with Crippen molar-refractivity contribution in [1.82, 2.24) is 29.4 Å². The van der Waals surface area contributed by atoms with Gasteiger partial charge in [0.15, 0.2) is 5.82 Å². The predicted molar refractivity (Wildman–Crippen MR) is 87.1 cm³/mol. The minimum absolute atomic E-state index is 0.210. The number of rotatable bonds is 6. The third-order valence-electron chi connectivity index (χ3n) is 3.80.